The summed E-state index contributed by atoms with van der Waals surface area (Å²) in [5.74, 6) is -0.519. The summed E-state index contributed by atoms with van der Waals surface area (Å²) < 4.78 is 6.30. The molecule has 2 aromatic rings. The van der Waals surface area contributed by atoms with Gasteiger partial charge in [-0.05, 0) is 40.2 Å². The molecular weight excluding hydrogens is 332 g/mol. The standard InChI is InChI=1S/C14H10BrClO3/c15-11-6-5-9(14(17)18)7-13(11)19-8-10-3-1-2-4-12(10)16/h1-7H,8H2,(H,17,18). The molecule has 0 heterocycles. The summed E-state index contributed by atoms with van der Waals surface area (Å²) in [5, 5.41) is 9.56. The Morgan fingerprint density at radius 3 is 2.68 bits per heavy atom. The molecule has 0 spiro atoms. The number of halogens is 2. The minimum Gasteiger partial charge on any atom is -0.488 e. The SMILES string of the molecule is O=C(O)c1ccc(Br)c(OCc2ccccc2Cl)c1. The summed E-state index contributed by atoms with van der Waals surface area (Å²) in [6.07, 6.45) is 0. The molecule has 3 nitrogen and oxygen atoms in total. The second-order valence-electron chi connectivity index (χ2n) is 3.83. The molecule has 0 bridgehead atoms. The Kier molecular flexibility index (Phi) is 4.45. The lowest BCUT2D eigenvalue weighted by Gasteiger charge is -2.10. The van der Waals surface area contributed by atoms with Crippen molar-refractivity contribution in [2.45, 2.75) is 6.61 Å². The lowest BCUT2D eigenvalue weighted by molar-refractivity contribution is 0.0696. The first kappa shape index (κ1) is 13.9. The molecule has 2 rings (SSSR count). The molecule has 0 aliphatic rings. The normalized spacial score (nSPS) is 10.2. The van der Waals surface area contributed by atoms with Gasteiger partial charge in [0.05, 0.1) is 10.0 Å². The van der Waals surface area contributed by atoms with Gasteiger partial charge in [-0.3, -0.25) is 0 Å². The van der Waals surface area contributed by atoms with Gasteiger partial charge in [-0.15, -0.1) is 0 Å². The van der Waals surface area contributed by atoms with E-state index in [1.165, 1.54) is 12.1 Å². The number of benzene rings is 2. The van der Waals surface area contributed by atoms with Gasteiger partial charge in [0.1, 0.15) is 12.4 Å². The van der Waals surface area contributed by atoms with Gasteiger partial charge in [-0.2, -0.15) is 0 Å². The van der Waals surface area contributed by atoms with Crippen molar-refractivity contribution >= 4 is 33.5 Å². The molecule has 0 aliphatic carbocycles. The van der Waals surface area contributed by atoms with Crippen LogP contribution in [0.2, 0.25) is 5.02 Å². The molecule has 98 valence electrons. The van der Waals surface area contributed by atoms with Crippen LogP contribution in [0.1, 0.15) is 15.9 Å². The average molecular weight is 342 g/mol. The Morgan fingerprint density at radius 2 is 2.00 bits per heavy atom. The van der Waals surface area contributed by atoms with Gasteiger partial charge in [0.15, 0.2) is 0 Å². The second-order valence-corrected chi connectivity index (χ2v) is 5.09. The highest BCUT2D eigenvalue weighted by Crippen LogP contribution is 2.27. The zero-order valence-electron chi connectivity index (χ0n) is 9.77. The predicted molar refractivity (Wildman–Crippen MR) is 76.9 cm³/mol. The van der Waals surface area contributed by atoms with Crippen molar-refractivity contribution in [2.24, 2.45) is 0 Å². The van der Waals surface area contributed by atoms with Gasteiger partial charge in [0.2, 0.25) is 0 Å². The minimum absolute atomic E-state index is 0.178. The highest BCUT2D eigenvalue weighted by atomic mass is 79.9. The first-order valence-corrected chi connectivity index (χ1v) is 6.64. The van der Waals surface area contributed by atoms with Crippen LogP contribution >= 0.6 is 27.5 Å². The van der Waals surface area contributed by atoms with Crippen LogP contribution in [-0.4, -0.2) is 11.1 Å². The molecule has 0 atom stereocenters. The molecule has 0 aliphatic heterocycles. The summed E-state index contributed by atoms with van der Waals surface area (Å²) in [6, 6.07) is 12.0. The van der Waals surface area contributed by atoms with Crippen molar-refractivity contribution in [1.82, 2.24) is 0 Å². The van der Waals surface area contributed by atoms with Crippen LogP contribution in [0.4, 0.5) is 0 Å². The molecule has 0 unspecified atom stereocenters. The van der Waals surface area contributed by atoms with Crippen LogP contribution in [0.5, 0.6) is 5.75 Å². The van der Waals surface area contributed by atoms with Crippen molar-refractivity contribution in [1.29, 1.82) is 0 Å². The number of hydrogen-bond acceptors (Lipinski definition) is 2. The fourth-order valence-electron chi connectivity index (χ4n) is 1.52. The molecule has 19 heavy (non-hydrogen) atoms. The molecule has 2 aromatic carbocycles. The van der Waals surface area contributed by atoms with E-state index >= 15 is 0 Å². The van der Waals surface area contributed by atoms with Crippen LogP contribution in [0.15, 0.2) is 46.9 Å². The number of rotatable bonds is 4. The van der Waals surface area contributed by atoms with Crippen molar-refractivity contribution in [3.8, 4) is 5.75 Å². The van der Waals surface area contributed by atoms with Crippen LogP contribution in [0.3, 0.4) is 0 Å². The van der Waals surface area contributed by atoms with Gasteiger partial charge in [-0.1, -0.05) is 29.8 Å². The predicted octanol–water partition coefficient (Wildman–Crippen LogP) is 4.38. The topological polar surface area (TPSA) is 46.5 Å². The van der Waals surface area contributed by atoms with E-state index in [9.17, 15) is 4.79 Å². The van der Waals surface area contributed by atoms with E-state index in [1.54, 1.807) is 12.1 Å². The van der Waals surface area contributed by atoms with Gasteiger partial charge in [0.25, 0.3) is 0 Å². The van der Waals surface area contributed by atoms with E-state index in [0.717, 1.165) is 5.56 Å². The number of carboxylic acids is 1. The van der Waals surface area contributed by atoms with Crippen LogP contribution in [0, 0.1) is 0 Å². The van der Waals surface area contributed by atoms with Crippen LogP contribution < -0.4 is 4.74 Å². The number of carbonyl (C=O) groups is 1. The Balaban J connectivity index is 2.17. The summed E-state index contributed by atoms with van der Waals surface area (Å²) in [7, 11) is 0. The first-order valence-electron chi connectivity index (χ1n) is 5.47. The quantitative estimate of drug-likeness (QED) is 0.897. The van der Waals surface area contributed by atoms with Crippen LogP contribution in [0.25, 0.3) is 0 Å². The lowest BCUT2D eigenvalue weighted by atomic mass is 10.2. The van der Waals surface area contributed by atoms with Gasteiger partial charge < -0.3 is 9.84 Å². The number of aromatic carboxylic acids is 1. The fraction of sp³-hybridized carbons (Fsp3) is 0.0714. The van der Waals surface area contributed by atoms with E-state index in [1.807, 2.05) is 18.2 Å². The Hall–Kier alpha value is -1.52. The minimum atomic E-state index is -0.991. The van der Waals surface area contributed by atoms with Crippen LogP contribution in [-0.2, 0) is 6.61 Å². The highest BCUT2D eigenvalue weighted by molar-refractivity contribution is 9.10. The van der Waals surface area contributed by atoms with E-state index in [2.05, 4.69) is 15.9 Å². The summed E-state index contributed by atoms with van der Waals surface area (Å²) in [6.45, 7) is 0.279. The summed E-state index contributed by atoms with van der Waals surface area (Å²) >= 11 is 9.35. The Bertz CT molecular complexity index is 613. The van der Waals surface area contributed by atoms with Gasteiger partial charge in [0, 0.05) is 10.6 Å². The average Bonchev–Trinajstić information content (AvgIpc) is 2.39. The smallest absolute Gasteiger partial charge is 0.335 e. The van der Waals surface area contributed by atoms with E-state index in [-0.39, 0.29) is 12.2 Å². The molecule has 0 aromatic heterocycles. The van der Waals surface area contributed by atoms with E-state index in [0.29, 0.717) is 15.2 Å². The monoisotopic (exact) mass is 340 g/mol. The van der Waals surface area contributed by atoms with Gasteiger partial charge >= 0.3 is 5.97 Å². The van der Waals surface area contributed by atoms with Crippen molar-refractivity contribution in [3.63, 3.8) is 0 Å². The molecular formula is C14H10BrClO3. The Morgan fingerprint density at radius 1 is 1.26 bits per heavy atom. The molecule has 0 fully saturated rings. The molecule has 0 saturated heterocycles. The van der Waals surface area contributed by atoms with E-state index < -0.39 is 5.97 Å². The lowest BCUT2D eigenvalue weighted by Crippen LogP contribution is -2.00. The third-order valence-electron chi connectivity index (χ3n) is 2.52. The maximum Gasteiger partial charge on any atom is 0.335 e. The molecule has 1 N–H and O–H groups in total. The summed E-state index contributed by atoms with van der Waals surface area (Å²) in [5.41, 5.74) is 1.02. The molecule has 0 amide bonds. The van der Waals surface area contributed by atoms with Crippen molar-refractivity contribution < 1.29 is 14.6 Å². The Labute approximate surface area is 123 Å². The molecule has 0 radical (unpaired) electrons. The zero-order valence-corrected chi connectivity index (χ0v) is 12.1. The second kappa shape index (κ2) is 6.08. The molecule has 5 heteroatoms. The highest BCUT2D eigenvalue weighted by Gasteiger charge is 2.09. The zero-order chi connectivity index (χ0) is 13.8. The third kappa shape index (κ3) is 3.49. The maximum atomic E-state index is 10.9. The third-order valence-corrected chi connectivity index (χ3v) is 3.54. The number of ether oxygens (including phenoxy) is 1. The van der Waals surface area contributed by atoms with Gasteiger partial charge in [-0.25, -0.2) is 4.79 Å². The fourth-order valence-corrected chi connectivity index (χ4v) is 2.07. The first-order chi connectivity index (χ1) is 9.08. The van der Waals surface area contributed by atoms with E-state index in [4.69, 9.17) is 21.4 Å². The van der Waals surface area contributed by atoms with Crippen molar-refractivity contribution in [3.05, 3.63) is 63.1 Å². The summed E-state index contributed by atoms with van der Waals surface area (Å²) in [4.78, 5) is 10.9. The maximum absolute atomic E-state index is 10.9. The molecule has 0 saturated carbocycles. The number of carboxylic acid groups (broad SMARTS) is 1. The number of hydrogen-bond donors (Lipinski definition) is 1. The van der Waals surface area contributed by atoms with Crippen molar-refractivity contribution in [2.75, 3.05) is 0 Å². The largest absolute Gasteiger partial charge is 0.488 e.